The molecule has 2 rings (SSSR count). The largest absolute Gasteiger partial charge is 0.497 e. The maximum Gasteiger partial charge on any atom is 0.119 e. The first kappa shape index (κ1) is 12.4. The van der Waals surface area contributed by atoms with Gasteiger partial charge in [-0.1, -0.05) is 12.1 Å². The molecule has 4 nitrogen and oxygen atoms in total. The third kappa shape index (κ3) is 3.19. The Kier molecular flexibility index (Phi) is 4.36. The molecule has 0 amide bonds. The van der Waals surface area contributed by atoms with Crippen molar-refractivity contribution in [3.8, 4) is 5.75 Å². The second kappa shape index (κ2) is 6.00. The van der Waals surface area contributed by atoms with Crippen molar-refractivity contribution in [1.29, 1.82) is 0 Å². The lowest BCUT2D eigenvalue weighted by Crippen LogP contribution is -2.46. The Labute approximate surface area is 102 Å². The summed E-state index contributed by atoms with van der Waals surface area (Å²) in [6.07, 6.45) is 0. The molecular formula is C13H19NO3. The SMILES string of the molecule is COc1cccc(CN2CCOCC2CO)c1. The maximum atomic E-state index is 9.29. The highest BCUT2D eigenvalue weighted by Crippen LogP contribution is 2.16. The maximum absolute atomic E-state index is 9.29. The van der Waals surface area contributed by atoms with Crippen molar-refractivity contribution in [3.63, 3.8) is 0 Å². The fraction of sp³-hybridized carbons (Fsp3) is 0.538. The van der Waals surface area contributed by atoms with Crippen molar-refractivity contribution in [2.24, 2.45) is 0 Å². The van der Waals surface area contributed by atoms with Crippen LogP contribution in [0.5, 0.6) is 5.75 Å². The molecule has 1 unspecified atom stereocenters. The average Bonchev–Trinajstić information content (AvgIpc) is 2.39. The lowest BCUT2D eigenvalue weighted by molar-refractivity contribution is -0.0312. The van der Waals surface area contributed by atoms with Gasteiger partial charge >= 0.3 is 0 Å². The van der Waals surface area contributed by atoms with E-state index in [1.165, 1.54) is 5.56 Å². The molecule has 0 saturated carbocycles. The smallest absolute Gasteiger partial charge is 0.119 e. The fourth-order valence-corrected chi connectivity index (χ4v) is 2.07. The van der Waals surface area contributed by atoms with E-state index in [0.717, 1.165) is 25.4 Å². The first-order chi connectivity index (χ1) is 8.33. The lowest BCUT2D eigenvalue weighted by Gasteiger charge is -2.34. The van der Waals surface area contributed by atoms with E-state index in [4.69, 9.17) is 9.47 Å². The number of morpholine rings is 1. The Balaban J connectivity index is 2.02. The molecule has 1 aromatic carbocycles. The Bertz CT molecular complexity index is 356. The highest BCUT2D eigenvalue weighted by molar-refractivity contribution is 5.28. The zero-order valence-electron chi connectivity index (χ0n) is 10.1. The van der Waals surface area contributed by atoms with Crippen LogP contribution in [0.15, 0.2) is 24.3 Å². The predicted octanol–water partition coefficient (Wildman–Crippen LogP) is 0.888. The third-order valence-electron chi connectivity index (χ3n) is 3.08. The van der Waals surface area contributed by atoms with Gasteiger partial charge in [-0.2, -0.15) is 0 Å². The van der Waals surface area contributed by atoms with Gasteiger partial charge in [0.05, 0.1) is 33.0 Å². The van der Waals surface area contributed by atoms with Gasteiger partial charge in [-0.25, -0.2) is 0 Å². The van der Waals surface area contributed by atoms with Crippen LogP contribution in [-0.2, 0) is 11.3 Å². The van der Waals surface area contributed by atoms with E-state index in [0.29, 0.717) is 6.61 Å². The molecule has 1 aliphatic rings. The molecule has 0 bridgehead atoms. The Hall–Kier alpha value is -1.10. The van der Waals surface area contributed by atoms with Gasteiger partial charge in [-0.05, 0) is 17.7 Å². The summed E-state index contributed by atoms with van der Waals surface area (Å²) in [4.78, 5) is 2.25. The van der Waals surface area contributed by atoms with Crippen LogP contribution in [0.1, 0.15) is 5.56 Å². The standard InChI is InChI=1S/C13H19NO3/c1-16-13-4-2-3-11(7-13)8-14-5-6-17-10-12(14)9-15/h2-4,7,12,15H,5-6,8-10H2,1H3. The minimum absolute atomic E-state index is 0.106. The van der Waals surface area contributed by atoms with Crippen molar-refractivity contribution in [1.82, 2.24) is 4.90 Å². The van der Waals surface area contributed by atoms with Crippen LogP contribution < -0.4 is 4.74 Å². The summed E-state index contributed by atoms with van der Waals surface area (Å²) in [5.74, 6) is 0.872. The van der Waals surface area contributed by atoms with Gasteiger partial charge in [0.15, 0.2) is 0 Å². The molecule has 1 atom stereocenters. The molecule has 1 fully saturated rings. The Morgan fingerprint density at radius 3 is 3.18 bits per heavy atom. The van der Waals surface area contributed by atoms with E-state index in [-0.39, 0.29) is 12.6 Å². The number of aliphatic hydroxyl groups excluding tert-OH is 1. The van der Waals surface area contributed by atoms with Crippen LogP contribution in [0, 0.1) is 0 Å². The highest BCUT2D eigenvalue weighted by atomic mass is 16.5. The van der Waals surface area contributed by atoms with Crippen LogP contribution in [0.2, 0.25) is 0 Å². The van der Waals surface area contributed by atoms with Crippen molar-refractivity contribution in [2.45, 2.75) is 12.6 Å². The van der Waals surface area contributed by atoms with Crippen LogP contribution in [-0.4, -0.2) is 49.5 Å². The number of nitrogens with zero attached hydrogens (tertiary/aromatic N) is 1. The van der Waals surface area contributed by atoms with E-state index in [1.807, 2.05) is 18.2 Å². The van der Waals surface area contributed by atoms with E-state index < -0.39 is 0 Å². The molecule has 94 valence electrons. The van der Waals surface area contributed by atoms with Crippen molar-refractivity contribution in [3.05, 3.63) is 29.8 Å². The van der Waals surface area contributed by atoms with E-state index in [1.54, 1.807) is 7.11 Å². The van der Waals surface area contributed by atoms with Gasteiger partial charge in [0.25, 0.3) is 0 Å². The molecule has 1 aliphatic heterocycles. The minimum atomic E-state index is 0.106. The lowest BCUT2D eigenvalue weighted by atomic mass is 10.1. The topological polar surface area (TPSA) is 41.9 Å². The van der Waals surface area contributed by atoms with Gasteiger partial charge in [0, 0.05) is 13.1 Å². The number of methoxy groups -OCH3 is 1. The Morgan fingerprint density at radius 1 is 1.53 bits per heavy atom. The second-order valence-corrected chi connectivity index (χ2v) is 4.23. The summed E-state index contributed by atoms with van der Waals surface area (Å²) >= 11 is 0. The zero-order chi connectivity index (χ0) is 12.1. The average molecular weight is 237 g/mol. The molecule has 0 aliphatic carbocycles. The van der Waals surface area contributed by atoms with Gasteiger partial charge in [-0.15, -0.1) is 0 Å². The van der Waals surface area contributed by atoms with Gasteiger partial charge in [0.2, 0.25) is 0 Å². The number of rotatable bonds is 4. The summed E-state index contributed by atoms with van der Waals surface area (Å²) in [6.45, 7) is 3.18. The third-order valence-corrected chi connectivity index (χ3v) is 3.08. The van der Waals surface area contributed by atoms with Crippen LogP contribution in [0.25, 0.3) is 0 Å². The van der Waals surface area contributed by atoms with E-state index >= 15 is 0 Å². The summed E-state index contributed by atoms with van der Waals surface area (Å²) in [5, 5.41) is 9.29. The molecule has 1 saturated heterocycles. The number of hydrogen-bond donors (Lipinski definition) is 1. The van der Waals surface area contributed by atoms with Gasteiger partial charge in [0.1, 0.15) is 5.75 Å². The number of benzene rings is 1. The van der Waals surface area contributed by atoms with Crippen LogP contribution in [0.4, 0.5) is 0 Å². The highest BCUT2D eigenvalue weighted by Gasteiger charge is 2.22. The monoisotopic (exact) mass is 237 g/mol. The summed E-state index contributed by atoms with van der Waals surface area (Å²) in [7, 11) is 1.67. The van der Waals surface area contributed by atoms with E-state index in [9.17, 15) is 5.11 Å². The molecule has 17 heavy (non-hydrogen) atoms. The molecule has 1 aromatic rings. The second-order valence-electron chi connectivity index (χ2n) is 4.23. The summed E-state index contributed by atoms with van der Waals surface area (Å²) in [6, 6.07) is 8.14. The van der Waals surface area contributed by atoms with Crippen molar-refractivity contribution in [2.75, 3.05) is 33.5 Å². The number of ether oxygens (including phenoxy) is 2. The minimum Gasteiger partial charge on any atom is -0.497 e. The first-order valence-electron chi connectivity index (χ1n) is 5.89. The van der Waals surface area contributed by atoms with Gasteiger partial charge < -0.3 is 14.6 Å². The predicted molar refractivity (Wildman–Crippen MR) is 65.1 cm³/mol. The fourth-order valence-electron chi connectivity index (χ4n) is 2.07. The Morgan fingerprint density at radius 2 is 2.41 bits per heavy atom. The molecule has 1 heterocycles. The van der Waals surface area contributed by atoms with Gasteiger partial charge in [-0.3, -0.25) is 4.90 Å². The van der Waals surface area contributed by atoms with Crippen LogP contribution >= 0.6 is 0 Å². The number of hydrogen-bond acceptors (Lipinski definition) is 4. The molecule has 0 aromatic heterocycles. The molecular weight excluding hydrogens is 218 g/mol. The summed E-state index contributed by atoms with van der Waals surface area (Å²) < 4.78 is 10.6. The first-order valence-corrected chi connectivity index (χ1v) is 5.89. The van der Waals surface area contributed by atoms with Crippen molar-refractivity contribution >= 4 is 0 Å². The van der Waals surface area contributed by atoms with E-state index in [2.05, 4.69) is 11.0 Å². The van der Waals surface area contributed by atoms with Crippen molar-refractivity contribution < 1.29 is 14.6 Å². The molecule has 0 spiro atoms. The molecule has 1 N–H and O–H groups in total. The molecule has 4 heteroatoms. The summed E-state index contributed by atoms with van der Waals surface area (Å²) in [5.41, 5.74) is 1.20. The van der Waals surface area contributed by atoms with Crippen LogP contribution in [0.3, 0.4) is 0 Å². The molecule has 0 radical (unpaired) electrons. The number of aliphatic hydroxyl groups is 1. The normalized spacial score (nSPS) is 21.4. The zero-order valence-corrected chi connectivity index (χ0v) is 10.1. The quantitative estimate of drug-likeness (QED) is 0.844.